The minimum atomic E-state index is 0.197. The molecule has 0 saturated heterocycles. The lowest BCUT2D eigenvalue weighted by Gasteiger charge is -2.13. The number of para-hydroxylation sites is 1. The van der Waals surface area contributed by atoms with Gasteiger partial charge < -0.3 is 10.5 Å². The Hall–Kier alpha value is -3.39. The Bertz CT molecular complexity index is 885. The molecule has 5 heteroatoms. The number of pyridine rings is 2. The summed E-state index contributed by atoms with van der Waals surface area (Å²) in [6.45, 7) is 0. The predicted molar refractivity (Wildman–Crippen MR) is 88.6 cm³/mol. The van der Waals surface area contributed by atoms with Gasteiger partial charge in [0.15, 0.2) is 0 Å². The first-order valence-electron chi connectivity index (χ1n) is 6.99. The average molecular weight is 302 g/mol. The van der Waals surface area contributed by atoms with Crippen LogP contribution in [0.1, 0.15) is 5.56 Å². The molecule has 3 aromatic rings. The van der Waals surface area contributed by atoms with Gasteiger partial charge in [0.25, 0.3) is 0 Å². The lowest BCUT2D eigenvalue weighted by molar-refractivity contribution is 0.416. The van der Waals surface area contributed by atoms with Gasteiger partial charge in [-0.3, -0.25) is 4.98 Å². The van der Waals surface area contributed by atoms with E-state index in [1.807, 2.05) is 42.5 Å². The van der Waals surface area contributed by atoms with E-state index in [9.17, 15) is 5.26 Å². The van der Waals surface area contributed by atoms with Crippen molar-refractivity contribution in [2.24, 2.45) is 0 Å². The zero-order chi connectivity index (χ0) is 16.2. The summed E-state index contributed by atoms with van der Waals surface area (Å²) in [5.74, 6) is 0.873. The molecule has 2 aromatic heterocycles. The minimum Gasteiger partial charge on any atom is -0.496 e. The van der Waals surface area contributed by atoms with E-state index in [-0.39, 0.29) is 5.82 Å². The second-order valence-electron chi connectivity index (χ2n) is 4.86. The fourth-order valence-electron chi connectivity index (χ4n) is 2.43. The number of nitrogens with zero attached hydrogens (tertiary/aromatic N) is 3. The van der Waals surface area contributed by atoms with Gasteiger partial charge in [-0.15, -0.1) is 0 Å². The van der Waals surface area contributed by atoms with Crippen LogP contribution in [0.2, 0.25) is 0 Å². The maximum Gasteiger partial charge on any atom is 0.142 e. The summed E-state index contributed by atoms with van der Waals surface area (Å²) >= 11 is 0. The van der Waals surface area contributed by atoms with Crippen molar-refractivity contribution in [2.45, 2.75) is 0 Å². The lowest BCUT2D eigenvalue weighted by atomic mass is 9.98. The first-order chi connectivity index (χ1) is 11.2. The van der Waals surface area contributed by atoms with E-state index in [4.69, 9.17) is 10.5 Å². The van der Waals surface area contributed by atoms with Crippen molar-refractivity contribution in [1.82, 2.24) is 9.97 Å². The SMILES string of the molecule is COc1ccccc1-c1cc(-c2ccncc2)nc(N)c1C#N. The van der Waals surface area contributed by atoms with Crippen LogP contribution in [0, 0.1) is 11.3 Å². The number of nitrogens with two attached hydrogens (primary N) is 1. The van der Waals surface area contributed by atoms with Crippen LogP contribution in [0.4, 0.5) is 5.82 Å². The van der Waals surface area contributed by atoms with Gasteiger partial charge in [-0.05, 0) is 24.3 Å². The molecule has 1 aromatic carbocycles. The summed E-state index contributed by atoms with van der Waals surface area (Å²) in [7, 11) is 1.60. The molecule has 0 unspecified atom stereocenters. The van der Waals surface area contributed by atoms with Gasteiger partial charge in [-0.2, -0.15) is 5.26 Å². The number of hydrogen-bond acceptors (Lipinski definition) is 5. The van der Waals surface area contributed by atoms with Crippen LogP contribution in [-0.2, 0) is 0 Å². The van der Waals surface area contributed by atoms with Crippen LogP contribution in [0.5, 0.6) is 5.75 Å². The number of benzene rings is 1. The highest BCUT2D eigenvalue weighted by molar-refractivity contribution is 5.82. The standard InChI is InChI=1S/C18H14N4O/c1-23-17-5-3-2-4-13(17)14-10-16(12-6-8-21-9-7-12)22-18(20)15(14)11-19/h2-10H,1H3,(H2,20,22). The zero-order valence-electron chi connectivity index (χ0n) is 12.5. The van der Waals surface area contributed by atoms with E-state index in [2.05, 4.69) is 16.0 Å². The largest absolute Gasteiger partial charge is 0.496 e. The van der Waals surface area contributed by atoms with Crippen LogP contribution in [0.15, 0.2) is 54.9 Å². The normalized spacial score (nSPS) is 10.1. The molecule has 3 rings (SSSR count). The Morgan fingerprint density at radius 1 is 1.09 bits per heavy atom. The Morgan fingerprint density at radius 3 is 2.52 bits per heavy atom. The number of hydrogen-bond donors (Lipinski definition) is 1. The van der Waals surface area contributed by atoms with Crippen molar-refractivity contribution in [3.63, 3.8) is 0 Å². The molecule has 2 heterocycles. The molecule has 0 fully saturated rings. The fraction of sp³-hybridized carbons (Fsp3) is 0.0556. The van der Waals surface area contributed by atoms with Crippen molar-refractivity contribution >= 4 is 5.82 Å². The van der Waals surface area contributed by atoms with Crippen molar-refractivity contribution < 1.29 is 4.74 Å². The maximum absolute atomic E-state index is 9.46. The highest BCUT2D eigenvalue weighted by atomic mass is 16.5. The molecule has 0 aliphatic carbocycles. The second-order valence-corrected chi connectivity index (χ2v) is 4.86. The first-order valence-corrected chi connectivity index (χ1v) is 6.99. The Labute approximate surface area is 134 Å². The molecule has 23 heavy (non-hydrogen) atoms. The van der Waals surface area contributed by atoms with Crippen LogP contribution < -0.4 is 10.5 Å². The zero-order valence-corrected chi connectivity index (χ0v) is 12.5. The molecule has 0 saturated carbocycles. The summed E-state index contributed by atoms with van der Waals surface area (Å²) in [4.78, 5) is 8.35. The van der Waals surface area contributed by atoms with E-state index < -0.39 is 0 Å². The number of anilines is 1. The topological polar surface area (TPSA) is 84.8 Å². The molecule has 0 aliphatic heterocycles. The van der Waals surface area contributed by atoms with Crippen molar-refractivity contribution in [1.29, 1.82) is 5.26 Å². The molecular weight excluding hydrogens is 288 g/mol. The second kappa shape index (κ2) is 6.16. The van der Waals surface area contributed by atoms with E-state index >= 15 is 0 Å². The lowest BCUT2D eigenvalue weighted by Crippen LogP contribution is -2.00. The van der Waals surface area contributed by atoms with Gasteiger partial charge in [-0.25, -0.2) is 4.98 Å². The smallest absolute Gasteiger partial charge is 0.142 e. The number of ether oxygens (including phenoxy) is 1. The predicted octanol–water partition coefficient (Wildman–Crippen LogP) is 3.27. The number of nitriles is 1. The third kappa shape index (κ3) is 2.70. The maximum atomic E-state index is 9.46. The third-order valence-corrected chi connectivity index (χ3v) is 3.53. The summed E-state index contributed by atoms with van der Waals surface area (Å²) in [5, 5.41) is 9.46. The van der Waals surface area contributed by atoms with Gasteiger partial charge in [0, 0.05) is 29.1 Å². The van der Waals surface area contributed by atoms with E-state index in [1.54, 1.807) is 19.5 Å². The van der Waals surface area contributed by atoms with Gasteiger partial charge in [-0.1, -0.05) is 18.2 Å². The monoisotopic (exact) mass is 302 g/mol. The fourth-order valence-corrected chi connectivity index (χ4v) is 2.43. The van der Waals surface area contributed by atoms with Crippen molar-refractivity contribution in [3.05, 3.63) is 60.4 Å². The Kier molecular flexibility index (Phi) is 3.89. The van der Waals surface area contributed by atoms with Gasteiger partial charge in [0.2, 0.25) is 0 Å². The highest BCUT2D eigenvalue weighted by Gasteiger charge is 2.16. The van der Waals surface area contributed by atoms with Gasteiger partial charge in [0.1, 0.15) is 23.2 Å². The Morgan fingerprint density at radius 2 is 1.83 bits per heavy atom. The highest BCUT2D eigenvalue weighted by Crippen LogP contribution is 2.35. The minimum absolute atomic E-state index is 0.197. The summed E-state index contributed by atoms with van der Waals surface area (Å²) in [6, 6.07) is 15.2. The summed E-state index contributed by atoms with van der Waals surface area (Å²) in [6.07, 6.45) is 3.38. The van der Waals surface area contributed by atoms with E-state index in [0.717, 1.165) is 11.1 Å². The molecule has 112 valence electrons. The molecule has 0 bridgehead atoms. The van der Waals surface area contributed by atoms with Crippen LogP contribution in [0.25, 0.3) is 22.4 Å². The molecular formula is C18H14N4O. The third-order valence-electron chi connectivity index (χ3n) is 3.53. The van der Waals surface area contributed by atoms with Crippen LogP contribution >= 0.6 is 0 Å². The van der Waals surface area contributed by atoms with Crippen molar-refractivity contribution in [2.75, 3.05) is 12.8 Å². The molecule has 0 spiro atoms. The Balaban J connectivity index is 2.27. The molecule has 0 atom stereocenters. The first kappa shape index (κ1) is 14.5. The average Bonchev–Trinajstić information content (AvgIpc) is 2.61. The molecule has 0 aliphatic rings. The number of nitrogen functional groups attached to an aromatic ring is 1. The van der Waals surface area contributed by atoms with Crippen LogP contribution in [0.3, 0.4) is 0 Å². The molecule has 2 N–H and O–H groups in total. The van der Waals surface area contributed by atoms with E-state index in [0.29, 0.717) is 22.6 Å². The van der Waals surface area contributed by atoms with E-state index in [1.165, 1.54) is 0 Å². The number of methoxy groups -OCH3 is 1. The van der Waals surface area contributed by atoms with Gasteiger partial charge >= 0.3 is 0 Å². The summed E-state index contributed by atoms with van der Waals surface area (Å²) < 4.78 is 5.40. The number of aromatic nitrogens is 2. The number of rotatable bonds is 3. The molecule has 5 nitrogen and oxygen atoms in total. The molecule has 0 amide bonds. The molecule has 0 radical (unpaired) electrons. The van der Waals surface area contributed by atoms with Gasteiger partial charge in [0.05, 0.1) is 12.8 Å². The summed E-state index contributed by atoms with van der Waals surface area (Å²) in [5.41, 5.74) is 9.42. The quantitative estimate of drug-likeness (QED) is 0.802. The van der Waals surface area contributed by atoms with Crippen LogP contribution in [-0.4, -0.2) is 17.1 Å². The van der Waals surface area contributed by atoms with Crippen molar-refractivity contribution in [3.8, 4) is 34.2 Å².